The van der Waals surface area contributed by atoms with Gasteiger partial charge in [0.25, 0.3) is 5.91 Å². The number of oxime groups is 1. The van der Waals surface area contributed by atoms with Gasteiger partial charge in [-0.1, -0.05) is 5.16 Å². The largest absolute Gasteiger partial charge is 0.481 e. The SMILES string of the molecule is CC(C)NC(=O)C(C)Oc1ccc2c(c1)CC/C2=N\O. The summed E-state index contributed by atoms with van der Waals surface area (Å²) in [6.07, 6.45) is 1.03. The highest BCUT2D eigenvalue weighted by Gasteiger charge is 2.20. The number of aryl methyl sites for hydroxylation is 1. The summed E-state index contributed by atoms with van der Waals surface area (Å²) in [4.78, 5) is 11.8. The van der Waals surface area contributed by atoms with Crippen molar-refractivity contribution in [3.05, 3.63) is 29.3 Å². The predicted octanol–water partition coefficient (Wildman–Crippen LogP) is 2.10. The lowest BCUT2D eigenvalue weighted by Gasteiger charge is -2.17. The fourth-order valence-electron chi connectivity index (χ4n) is 2.28. The average Bonchev–Trinajstić information content (AvgIpc) is 2.80. The lowest BCUT2D eigenvalue weighted by molar-refractivity contribution is -0.127. The third kappa shape index (κ3) is 3.10. The Morgan fingerprint density at radius 2 is 2.10 bits per heavy atom. The standard InChI is InChI=1S/C15H20N2O3/c1-9(2)16-15(18)10(3)20-12-5-6-13-11(8-12)4-7-14(13)17-19/h5-6,8-10,19H,4,7H2,1-3H3,(H,16,18)/b17-14+. The molecule has 0 spiro atoms. The minimum Gasteiger partial charge on any atom is -0.481 e. The zero-order valence-electron chi connectivity index (χ0n) is 12.0. The van der Waals surface area contributed by atoms with E-state index in [9.17, 15) is 4.79 Å². The van der Waals surface area contributed by atoms with Crippen LogP contribution in [0.25, 0.3) is 0 Å². The van der Waals surface area contributed by atoms with Crippen LogP contribution in [0, 0.1) is 0 Å². The molecule has 5 heteroatoms. The molecule has 0 aromatic heterocycles. The number of amides is 1. The molecule has 0 saturated carbocycles. The third-order valence-electron chi connectivity index (χ3n) is 3.25. The van der Waals surface area contributed by atoms with Crippen LogP contribution in [0.2, 0.25) is 0 Å². The Morgan fingerprint density at radius 1 is 1.35 bits per heavy atom. The molecule has 0 bridgehead atoms. The normalized spacial score (nSPS) is 17.1. The lowest BCUT2D eigenvalue weighted by Crippen LogP contribution is -2.40. The van der Waals surface area contributed by atoms with Gasteiger partial charge in [0.05, 0.1) is 5.71 Å². The topological polar surface area (TPSA) is 70.9 Å². The molecule has 1 amide bonds. The third-order valence-corrected chi connectivity index (χ3v) is 3.25. The number of nitrogens with one attached hydrogen (secondary N) is 1. The second-order valence-electron chi connectivity index (χ2n) is 5.29. The molecule has 0 fully saturated rings. The molecule has 0 heterocycles. The van der Waals surface area contributed by atoms with Gasteiger partial charge in [0.15, 0.2) is 6.10 Å². The van der Waals surface area contributed by atoms with E-state index < -0.39 is 6.10 Å². The van der Waals surface area contributed by atoms with Crippen LogP contribution in [0.15, 0.2) is 23.4 Å². The molecular weight excluding hydrogens is 256 g/mol. The van der Waals surface area contributed by atoms with Gasteiger partial charge < -0.3 is 15.3 Å². The smallest absolute Gasteiger partial charge is 0.260 e. The Labute approximate surface area is 118 Å². The van der Waals surface area contributed by atoms with Crippen LogP contribution in [0.4, 0.5) is 0 Å². The molecule has 1 atom stereocenters. The van der Waals surface area contributed by atoms with Crippen LogP contribution in [0.1, 0.15) is 38.3 Å². The minimum absolute atomic E-state index is 0.0943. The van der Waals surface area contributed by atoms with Crippen molar-refractivity contribution in [1.82, 2.24) is 5.32 Å². The highest BCUT2D eigenvalue weighted by molar-refractivity contribution is 6.04. The highest BCUT2D eigenvalue weighted by atomic mass is 16.5. The van der Waals surface area contributed by atoms with Gasteiger partial charge in [0.2, 0.25) is 0 Å². The Bertz CT molecular complexity index is 538. The van der Waals surface area contributed by atoms with E-state index >= 15 is 0 Å². The number of rotatable bonds is 4. The van der Waals surface area contributed by atoms with E-state index in [0.29, 0.717) is 11.5 Å². The van der Waals surface area contributed by atoms with Crippen molar-refractivity contribution in [1.29, 1.82) is 0 Å². The maximum absolute atomic E-state index is 11.8. The van der Waals surface area contributed by atoms with Crippen LogP contribution in [-0.2, 0) is 11.2 Å². The minimum atomic E-state index is -0.539. The summed E-state index contributed by atoms with van der Waals surface area (Å²) < 4.78 is 5.66. The molecule has 5 nitrogen and oxygen atoms in total. The van der Waals surface area contributed by atoms with E-state index in [4.69, 9.17) is 9.94 Å². The van der Waals surface area contributed by atoms with Gasteiger partial charge in [-0.05, 0) is 57.4 Å². The second kappa shape index (κ2) is 5.94. The molecule has 1 aromatic rings. The first kappa shape index (κ1) is 14.4. The summed E-state index contributed by atoms with van der Waals surface area (Å²) in [6.45, 7) is 5.55. The summed E-state index contributed by atoms with van der Waals surface area (Å²) in [5.41, 5.74) is 2.75. The van der Waals surface area contributed by atoms with E-state index in [1.54, 1.807) is 13.0 Å². The van der Waals surface area contributed by atoms with E-state index in [1.807, 2.05) is 26.0 Å². The van der Waals surface area contributed by atoms with E-state index in [0.717, 1.165) is 24.0 Å². The molecule has 0 radical (unpaired) electrons. The van der Waals surface area contributed by atoms with Gasteiger partial charge in [-0.3, -0.25) is 4.79 Å². The van der Waals surface area contributed by atoms with Crippen LogP contribution >= 0.6 is 0 Å². The van der Waals surface area contributed by atoms with Crippen molar-refractivity contribution in [3.8, 4) is 5.75 Å². The van der Waals surface area contributed by atoms with Gasteiger partial charge in [0, 0.05) is 11.6 Å². The quantitative estimate of drug-likeness (QED) is 0.653. The molecule has 2 rings (SSSR count). The first-order chi connectivity index (χ1) is 9.51. The zero-order valence-corrected chi connectivity index (χ0v) is 12.0. The number of hydrogen-bond donors (Lipinski definition) is 2. The number of ether oxygens (including phenoxy) is 1. The Morgan fingerprint density at radius 3 is 2.75 bits per heavy atom. The molecule has 1 aromatic carbocycles. The van der Waals surface area contributed by atoms with Gasteiger partial charge >= 0.3 is 0 Å². The van der Waals surface area contributed by atoms with Crippen LogP contribution in [-0.4, -0.2) is 29.0 Å². The maximum atomic E-state index is 11.8. The van der Waals surface area contributed by atoms with E-state index in [-0.39, 0.29) is 11.9 Å². The summed E-state index contributed by atoms with van der Waals surface area (Å²) in [7, 11) is 0. The van der Waals surface area contributed by atoms with E-state index in [1.165, 1.54) is 0 Å². The first-order valence-corrected chi connectivity index (χ1v) is 6.82. The van der Waals surface area contributed by atoms with Crippen LogP contribution in [0.3, 0.4) is 0 Å². The van der Waals surface area contributed by atoms with Crippen molar-refractivity contribution < 1.29 is 14.7 Å². The number of benzene rings is 1. The van der Waals surface area contributed by atoms with Gasteiger partial charge in [-0.15, -0.1) is 0 Å². The van der Waals surface area contributed by atoms with E-state index in [2.05, 4.69) is 10.5 Å². The summed E-state index contributed by atoms with van der Waals surface area (Å²) >= 11 is 0. The average molecular weight is 276 g/mol. The number of carbonyl (C=O) groups excluding carboxylic acids is 1. The summed E-state index contributed by atoms with van der Waals surface area (Å²) in [6, 6.07) is 5.68. The maximum Gasteiger partial charge on any atom is 0.260 e. The van der Waals surface area contributed by atoms with Gasteiger partial charge in [0.1, 0.15) is 5.75 Å². The molecule has 0 aliphatic heterocycles. The Kier molecular flexibility index (Phi) is 4.27. The summed E-state index contributed by atoms with van der Waals surface area (Å²) in [5, 5.41) is 15.0. The predicted molar refractivity (Wildman–Crippen MR) is 76.5 cm³/mol. The molecule has 0 saturated heterocycles. The van der Waals surface area contributed by atoms with Crippen molar-refractivity contribution in [3.63, 3.8) is 0 Å². The monoisotopic (exact) mass is 276 g/mol. The summed E-state index contributed by atoms with van der Waals surface area (Å²) in [5.74, 6) is 0.535. The number of carbonyl (C=O) groups is 1. The van der Waals surface area contributed by atoms with Gasteiger partial charge in [-0.2, -0.15) is 0 Å². The molecular formula is C15H20N2O3. The fraction of sp³-hybridized carbons (Fsp3) is 0.467. The van der Waals surface area contributed by atoms with Crippen molar-refractivity contribution in [2.75, 3.05) is 0 Å². The molecule has 108 valence electrons. The van der Waals surface area contributed by atoms with Crippen molar-refractivity contribution in [2.24, 2.45) is 5.16 Å². The molecule has 20 heavy (non-hydrogen) atoms. The first-order valence-electron chi connectivity index (χ1n) is 6.82. The number of fused-ring (bicyclic) bond motifs is 1. The van der Waals surface area contributed by atoms with Crippen LogP contribution in [0.5, 0.6) is 5.75 Å². The molecule has 2 N–H and O–H groups in total. The van der Waals surface area contributed by atoms with Crippen molar-refractivity contribution in [2.45, 2.75) is 45.8 Å². The fourth-order valence-corrected chi connectivity index (χ4v) is 2.28. The molecule has 1 aliphatic carbocycles. The number of hydrogen-bond acceptors (Lipinski definition) is 4. The Hall–Kier alpha value is -2.04. The van der Waals surface area contributed by atoms with Crippen molar-refractivity contribution >= 4 is 11.6 Å². The number of nitrogens with zero attached hydrogens (tertiary/aromatic N) is 1. The highest BCUT2D eigenvalue weighted by Crippen LogP contribution is 2.27. The molecule has 1 unspecified atom stereocenters. The lowest BCUT2D eigenvalue weighted by atomic mass is 10.1. The second-order valence-corrected chi connectivity index (χ2v) is 5.29. The zero-order chi connectivity index (χ0) is 14.7. The van der Waals surface area contributed by atoms with Gasteiger partial charge in [-0.25, -0.2) is 0 Å². The molecule has 1 aliphatic rings. The van der Waals surface area contributed by atoms with Crippen LogP contribution < -0.4 is 10.1 Å². The Balaban J connectivity index is 2.06.